The van der Waals surface area contributed by atoms with Crippen LogP contribution in [0.5, 0.6) is 0 Å². The maximum atomic E-state index is 6.47. The molecular weight excluding hydrogens is 108 g/mol. The summed E-state index contributed by atoms with van der Waals surface area (Å²) in [7, 11) is 0. The Hall–Kier alpha value is 1.47. The largest absolute Gasteiger partial charge is 2.00 e. The molecule has 4 heteroatoms. The van der Waals surface area contributed by atoms with E-state index in [4.69, 9.17) is 4.66 Å². The third-order valence-electron chi connectivity index (χ3n) is 0. The van der Waals surface area contributed by atoms with E-state index >= 15 is 0 Å². The van der Waals surface area contributed by atoms with Gasteiger partial charge in [-0.05, 0) is 0 Å². The van der Waals surface area contributed by atoms with Crippen molar-refractivity contribution in [2.24, 2.45) is 0 Å². The summed E-state index contributed by atoms with van der Waals surface area (Å²) in [6.07, 6.45) is 0. The zero-order valence-electron chi connectivity index (χ0n) is 4.03. The molecule has 0 aliphatic heterocycles. The average molecular weight is 113 g/mol. The van der Waals surface area contributed by atoms with Gasteiger partial charge in [-0.2, -0.15) is 0 Å². The quantitative estimate of drug-likeness (QED) is 0.408. The second-order valence-electron chi connectivity index (χ2n) is 0. The topological polar surface area (TPSA) is 51.7 Å². The molecule has 0 saturated carbocycles. The number of hydrogen-bond donors (Lipinski definition) is 1. The summed E-state index contributed by atoms with van der Waals surface area (Å²) in [6.45, 7) is 0. The maximum Gasteiger partial charge on any atom is 2.00 e. The summed E-state index contributed by atoms with van der Waals surface area (Å²) < 4.78 is 6.47. The van der Waals surface area contributed by atoms with Crippen LogP contribution >= 0.6 is 11.9 Å². The van der Waals surface area contributed by atoms with Crippen LogP contribution in [0.3, 0.4) is 0 Å². The van der Waals surface area contributed by atoms with E-state index in [0.717, 1.165) is 0 Å². The van der Waals surface area contributed by atoms with Crippen molar-refractivity contribution < 1.29 is 13.0 Å². The van der Waals surface area contributed by atoms with Gasteiger partial charge in [-0.1, -0.05) is 0 Å². The molecule has 0 aromatic heterocycles. The number of hydrogen-bond acceptors (Lipinski definition) is 1. The fourth-order valence-electron chi connectivity index (χ4n) is 0. The van der Waals surface area contributed by atoms with Crippen LogP contribution in [-0.4, -0.2) is 47.9 Å². The first-order valence-electron chi connectivity index (χ1n) is 0.169. The molecule has 0 saturated heterocycles. The zero-order chi connectivity index (χ0) is 2.00. The van der Waals surface area contributed by atoms with Crippen LogP contribution in [0.4, 0.5) is 0 Å². The molecule has 4 heavy (non-hydrogen) atoms. The van der Waals surface area contributed by atoms with Gasteiger partial charge < -0.3 is 8.33 Å². The Labute approximate surface area is 62.2 Å². The van der Waals surface area contributed by atoms with E-state index in [9.17, 15) is 0 Å². The molecular formula is H5CaClO2. The minimum absolute atomic E-state index is 0. The molecule has 0 aromatic carbocycles. The molecule has 0 amide bonds. The fourth-order valence-corrected chi connectivity index (χ4v) is 0. The molecule has 0 bridgehead atoms. The Bertz CT molecular complexity index is 11.5. The minimum Gasteiger partial charge on any atom is -1.00 e. The standard InChI is InChI=1S/Ca.ClHO.H2O.2H/c;1-2;;;/h;2H;1H2;;/q+2;;;2*-1. The Morgan fingerprint density at radius 1 is 1.50 bits per heavy atom. The smallest absolute Gasteiger partial charge is 1.00 e. The van der Waals surface area contributed by atoms with Crippen LogP contribution in [0.2, 0.25) is 0 Å². The van der Waals surface area contributed by atoms with Gasteiger partial charge in [0.15, 0.2) is 0 Å². The Kier molecular flexibility index (Phi) is 112. The molecule has 0 aliphatic carbocycles. The van der Waals surface area contributed by atoms with Gasteiger partial charge in [0.2, 0.25) is 0 Å². The second kappa shape index (κ2) is 24.9. The van der Waals surface area contributed by atoms with Crippen molar-refractivity contribution in [3.05, 3.63) is 0 Å². The summed E-state index contributed by atoms with van der Waals surface area (Å²) in [5, 5.41) is 0. The molecule has 0 aliphatic rings. The number of rotatable bonds is 0. The van der Waals surface area contributed by atoms with Crippen LogP contribution in [0.1, 0.15) is 2.85 Å². The molecule has 0 fully saturated rings. The van der Waals surface area contributed by atoms with E-state index in [-0.39, 0.29) is 46.1 Å². The van der Waals surface area contributed by atoms with E-state index in [2.05, 4.69) is 11.9 Å². The summed E-state index contributed by atoms with van der Waals surface area (Å²) >= 11 is 3.64. The summed E-state index contributed by atoms with van der Waals surface area (Å²) in [5.41, 5.74) is 0. The van der Waals surface area contributed by atoms with E-state index in [0.29, 0.717) is 0 Å². The average Bonchev–Trinajstić information content (AvgIpc) is 1.00. The maximum absolute atomic E-state index is 6.47. The zero-order valence-corrected chi connectivity index (χ0v) is 5.00. The molecule has 0 atom stereocenters. The SMILES string of the molecule is O.OCl.[Ca+2].[H-].[H-]. The molecule has 0 heterocycles. The molecule has 0 spiro atoms. The van der Waals surface area contributed by atoms with Crippen molar-refractivity contribution in [3.63, 3.8) is 0 Å². The van der Waals surface area contributed by atoms with Crippen molar-refractivity contribution in [3.8, 4) is 0 Å². The Morgan fingerprint density at radius 3 is 1.50 bits per heavy atom. The van der Waals surface area contributed by atoms with Crippen LogP contribution in [0, 0.1) is 0 Å². The van der Waals surface area contributed by atoms with Gasteiger partial charge in [0, 0.05) is 0 Å². The van der Waals surface area contributed by atoms with Crippen molar-refractivity contribution in [1.82, 2.24) is 0 Å². The van der Waals surface area contributed by atoms with Crippen LogP contribution in [-0.2, 0) is 0 Å². The monoisotopic (exact) mass is 112 g/mol. The van der Waals surface area contributed by atoms with Crippen molar-refractivity contribution in [2.75, 3.05) is 0 Å². The first-order valence-corrected chi connectivity index (χ1v) is 0.507. The normalized spacial score (nSPS) is 1.50. The fraction of sp³-hybridized carbons (Fsp3) is 0. The van der Waals surface area contributed by atoms with Gasteiger partial charge in [0.05, 0.1) is 11.9 Å². The molecule has 3 N–H and O–H groups in total. The van der Waals surface area contributed by atoms with E-state index in [1.54, 1.807) is 0 Å². The third kappa shape index (κ3) is 9.80. The van der Waals surface area contributed by atoms with E-state index in [1.165, 1.54) is 0 Å². The van der Waals surface area contributed by atoms with Crippen LogP contribution in [0.15, 0.2) is 0 Å². The Morgan fingerprint density at radius 2 is 1.50 bits per heavy atom. The Balaban J connectivity index is -0.000000000833. The summed E-state index contributed by atoms with van der Waals surface area (Å²) in [4.78, 5) is 0. The predicted molar refractivity (Wildman–Crippen MR) is 19.7 cm³/mol. The molecule has 0 unspecified atom stereocenters. The van der Waals surface area contributed by atoms with Gasteiger partial charge in [0.1, 0.15) is 0 Å². The van der Waals surface area contributed by atoms with Gasteiger partial charge >= 0.3 is 37.7 Å². The van der Waals surface area contributed by atoms with Gasteiger partial charge in [-0.15, -0.1) is 0 Å². The number of halogens is 1. The third-order valence-corrected chi connectivity index (χ3v) is 0. The van der Waals surface area contributed by atoms with Crippen molar-refractivity contribution in [2.45, 2.75) is 0 Å². The minimum atomic E-state index is 0. The van der Waals surface area contributed by atoms with Crippen LogP contribution < -0.4 is 0 Å². The van der Waals surface area contributed by atoms with Crippen molar-refractivity contribution >= 4 is 49.6 Å². The first-order chi connectivity index (χ1) is 1.00. The summed E-state index contributed by atoms with van der Waals surface area (Å²) in [5.74, 6) is 0. The molecule has 26 valence electrons. The molecule has 2 nitrogen and oxygen atoms in total. The summed E-state index contributed by atoms with van der Waals surface area (Å²) in [6, 6.07) is 0. The van der Waals surface area contributed by atoms with Gasteiger partial charge in [-0.3, -0.25) is 4.66 Å². The predicted octanol–water partition coefficient (Wildman–Crippen LogP) is -0.848. The molecule has 0 rings (SSSR count). The molecule has 0 aromatic rings. The van der Waals surface area contributed by atoms with Gasteiger partial charge in [0.25, 0.3) is 0 Å². The van der Waals surface area contributed by atoms with Crippen molar-refractivity contribution in [1.29, 1.82) is 0 Å². The van der Waals surface area contributed by atoms with Gasteiger partial charge in [-0.25, -0.2) is 0 Å². The first kappa shape index (κ1) is 17.9. The van der Waals surface area contributed by atoms with Crippen LogP contribution in [0.25, 0.3) is 0 Å². The second-order valence-corrected chi connectivity index (χ2v) is 0. The van der Waals surface area contributed by atoms with E-state index in [1.807, 2.05) is 0 Å². The molecule has 0 radical (unpaired) electrons. The van der Waals surface area contributed by atoms with E-state index < -0.39 is 0 Å².